The maximum absolute atomic E-state index is 12.7. The maximum atomic E-state index is 12.7. The van der Waals surface area contributed by atoms with E-state index in [-0.39, 0.29) is 11.9 Å². The Morgan fingerprint density at radius 3 is 2.75 bits per heavy atom. The number of carbonyl (C=O) groups excluding carboxylic acids is 1. The van der Waals surface area contributed by atoms with Crippen molar-refractivity contribution in [3.05, 3.63) is 47.3 Å². The normalized spacial score (nSPS) is 17.5. The highest BCUT2D eigenvalue weighted by Crippen LogP contribution is 2.33. The molecule has 0 aliphatic carbocycles. The van der Waals surface area contributed by atoms with Gasteiger partial charge in [0.05, 0.1) is 25.3 Å². The van der Waals surface area contributed by atoms with E-state index in [2.05, 4.69) is 19.0 Å². The van der Waals surface area contributed by atoms with Gasteiger partial charge in [0.2, 0.25) is 5.91 Å². The lowest BCUT2D eigenvalue weighted by atomic mass is 10.1. The van der Waals surface area contributed by atoms with Crippen molar-refractivity contribution >= 4 is 5.91 Å². The molecule has 0 spiro atoms. The van der Waals surface area contributed by atoms with Crippen LogP contribution in [0.4, 0.5) is 0 Å². The predicted octanol–water partition coefficient (Wildman–Crippen LogP) is 3.71. The van der Waals surface area contributed by atoms with Crippen LogP contribution < -0.4 is 4.74 Å². The average Bonchev–Trinajstić information content (AvgIpc) is 3.24. The van der Waals surface area contributed by atoms with E-state index >= 15 is 0 Å². The van der Waals surface area contributed by atoms with Crippen molar-refractivity contribution in [2.45, 2.75) is 45.1 Å². The zero-order valence-electron chi connectivity index (χ0n) is 14.5. The third kappa shape index (κ3) is 3.45. The van der Waals surface area contributed by atoms with E-state index in [1.54, 1.807) is 7.11 Å². The summed E-state index contributed by atoms with van der Waals surface area (Å²) in [5.74, 6) is 2.06. The Kier molecular flexibility index (Phi) is 4.88. The van der Waals surface area contributed by atoms with Gasteiger partial charge in [-0.2, -0.15) is 0 Å². The van der Waals surface area contributed by atoms with E-state index in [9.17, 15) is 4.79 Å². The zero-order valence-corrected chi connectivity index (χ0v) is 14.5. The zero-order chi connectivity index (χ0) is 17.1. The van der Waals surface area contributed by atoms with Crippen LogP contribution in [0, 0.1) is 0 Å². The number of methoxy groups -OCH3 is 1. The van der Waals surface area contributed by atoms with E-state index in [1.165, 1.54) is 0 Å². The topological polar surface area (TPSA) is 55.6 Å². The van der Waals surface area contributed by atoms with Gasteiger partial charge in [0.15, 0.2) is 5.76 Å². The summed E-state index contributed by atoms with van der Waals surface area (Å²) in [5, 5.41) is 4.13. The number of likely N-dealkylation sites (tertiary alicyclic amines) is 1. The first-order valence-electron chi connectivity index (χ1n) is 8.47. The van der Waals surface area contributed by atoms with Crippen LogP contribution in [-0.4, -0.2) is 29.6 Å². The molecular weight excluding hydrogens is 304 g/mol. The van der Waals surface area contributed by atoms with Gasteiger partial charge < -0.3 is 14.2 Å². The number of aromatic nitrogens is 1. The largest absolute Gasteiger partial charge is 0.497 e. The van der Waals surface area contributed by atoms with E-state index in [0.29, 0.717) is 12.3 Å². The Labute approximate surface area is 142 Å². The minimum atomic E-state index is 0.00995. The highest BCUT2D eigenvalue weighted by atomic mass is 16.5. The molecule has 24 heavy (non-hydrogen) atoms. The van der Waals surface area contributed by atoms with E-state index < -0.39 is 0 Å². The summed E-state index contributed by atoms with van der Waals surface area (Å²) in [5.41, 5.74) is 1.94. The van der Waals surface area contributed by atoms with Gasteiger partial charge in [-0.15, -0.1) is 0 Å². The molecule has 0 radical (unpaired) electrons. The van der Waals surface area contributed by atoms with Crippen LogP contribution in [-0.2, 0) is 11.2 Å². The summed E-state index contributed by atoms with van der Waals surface area (Å²) in [6.45, 7) is 4.95. The molecule has 5 nitrogen and oxygen atoms in total. The van der Waals surface area contributed by atoms with Gasteiger partial charge >= 0.3 is 0 Å². The fourth-order valence-electron chi connectivity index (χ4n) is 3.11. The van der Waals surface area contributed by atoms with Crippen LogP contribution in [0.15, 0.2) is 34.9 Å². The number of amides is 1. The van der Waals surface area contributed by atoms with Crippen LogP contribution in [0.5, 0.6) is 5.75 Å². The molecule has 3 rings (SSSR count). The van der Waals surface area contributed by atoms with Crippen molar-refractivity contribution in [2.24, 2.45) is 0 Å². The molecule has 1 saturated heterocycles. The molecular formula is C19H24N2O3. The van der Waals surface area contributed by atoms with Crippen molar-refractivity contribution in [3.63, 3.8) is 0 Å². The molecule has 128 valence electrons. The average molecular weight is 328 g/mol. The monoisotopic (exact) mass is 328 g/mol. The number of benzene rings is 1. The third-order valence-corrected chi connectivity index (χ3v) is 4.55. The van der Waals surface area contributed by atoms with E-state index in [0.717, 1.165) is 42.2 Å². The predicted molar refractivity (Wildman–Crippen MR) is 91.0 cm³/mol. The number of hydrogen-bond acceptors (Lipinski definition) is 4. The summed E-state index contributed by atoms with van der Waals surface area (Å²) in [6, 6.07) is 9.65. The van der Waals surface area contributed by atoms with Crippen molar-refractivity contribution in [2.75, 3.05) is 13.7 Å². The number of carbonyl (C=O) groups is 1. The van der Waals surface area contributed by atoms with Gasteiger partial charge in [-0.05, 0) is 36.5 Å². The summed E-state index contributed by atoms with van der Waals surface area (Å²) in [4.78, 5) is 14.7. The van der Waals surface area contributed by atoms with Gasteiger partial charge in [-0.3, -0.25) is 4.79 Å². The van der Waals surface area contributed by atoms with Gasteiger partial charge in [0.25, 0.3) is 0 Å². The lowest BCUT2D eigenvalue weighted by molar-refractivity contribution is -0.131. The summed E-state index contributed by atoms with van der Waals surface area (Å²) < 4.78 is 10.7. The molecule has 1 fully saturated rings. The highest BCUT2D eigenvalue weighted by molar-refractivity contribution is 5.79. The molecule has 1 amide bonds. The quantitative estimate of drug-likeness (QED) is 0.839. The minimum Gasteiger partial charge on any atom is -0.497 e. The Bertz CT molecular complexity index is 691. The molecule has 1 aliphatic rings. The molecule has 1 atom stereocenters. The number of nitrogens with zero attached hydrogens (tertiary/aromatic N) is 2. The van der Waals surface area contributed by atoms with Crippen molar-refractivity contribution < 1.29 is 14.1 Å². The molecule has 0 N–H and O–H groups in total. The fourth-order valence-corrected chi connectivity index (χ4v) is 3.11. The Hall–Kier alpha value is -2.30. The van der Waals surface area contributed by atoms with Crippen molar-refractivity contribution in [3.8, 4) is 5.75 Å². The molecule has 0 saturated carbocycles. The molecule has 1 aromatic carbocycles. The second-order valence-electron chi connectivity index (χ2n) is 6.58. The van der Waals surface area contributed by atoms with Gasteiger partial charge in [-0.25, -0.2) is 0 Å². The molecule has 1 aromatic heterocycles. The molecule has 1 unspecified atom stereocenters. The fraction of sp³-hybridized carbons (Fsp3) is 0.474. The Balaban J connectivity index is 1.70. The molecule has 0 bridgehead atoms. The summed E-state index contributed by atoms with van der Waals surface area (Å²) >= 11 is 0. The Morgan fingerprint density at radius 1 is 1.38 bits per heavy atom. The molecule has 2 aromatic rings. The first-order valence-corrected chi connectivity index (χ1v) is 8.47. The number of rotatable bonds is 5. The molecule has 1 aliphatic heterocycles. The first-order chi connectivity index (χ1) is 11.6. The van der Waals surface area contributed by atoms with E-state index in [4.69, 9.17) is 9.26 Å². The van der Waals surface area contributed by atoms with E-state index in [1.807, 2.05) is 35.2 Å². The van der Waals surface area contributed by atoms with Crippen LogP contribution >= 0.6 is 0 Å². The summed E-state index contributed by atoms with van der Waals surface area (Å²) in [7, 11) is 1.64. The lowest BCUT2D eigenvalue weighted by Gasteiger charge is -2.22. The minimum absolute atomic E-state index is 0.00995. The maximum Gasteiger partial charge on any atom is 0.227 e. The van der Waals surface area contributed by atoms with Gasteiger partial charge in [0, 0.05) is 12.6 Å². The molecule has 2 heterocycles. The SMILES string of the molecule is COc1ccc(CC(=O)N2CCCC2c2cc(C(C)C)no2)cc1. The standard InChI is InChI=1S/C19H24N2O3/c1-13(2)16-12-18(24-20-16)17-5-4-10-21(17)19(22)11-14-6-8-15(23-3)9-7-14/h6-9,12-13,17H,4-5,10-11H2,1-3H3. The second-order valence-corrected chi connectivity index (χ2v) is 6.58. The number of hydrogen-bond donors (Lipinski definition) is 0. The van der Waals surface area contributed by atoms with Gasteiger partial charge in [-0.1, -0.05) is 31.1 Å². The highest BCUT2D eigenvalue weighted by Gasteiger charge is 2.32. The van der Waals surface area contributed by atoms with Crippen molar-refractivity contribution in [1.82, 2.24) is 10.1 Å². The lowest BCUT2D eigenvalue weighted by Crippen LogP contribution is -2.31. The number of ether oxygens (including phenoxy) is 1. The van der Waals surface area contributed by atoms with Crippen LogP contribution in [0.25, 0.3) is 0 Å². The van der Waals surface area contributed by atoms with Gasteiger partial charge in [0.1, 0.15) is 5.75 Å². The van der Waals surface area contributed by atoms with Crippen LogP contribution in [0.3, 0.4) is 0 Å². The smallest absolute Gasteiger partial charge is 0.227 e. The Morgan fingerprint density at radius 2 is 2.12 bits per heavy atom. The third-order valence-electron chi connectivity index (χ3n) is 4.55. The van der Waals surface area contributed by atoms with Crippen molar-refractivity contribution in [1.29, 1.82) is 0 Å². The molecule has 5 heteroatoms. The van der Waals surface area contributed by atoms with Crippen LogP contribution in [0.2, 0.25) is 0 Å². The first kappa shape index (κ1) is 16.6. The second kappa shape index (κ2) is 7.07. The van der Waals surface area contributed by atoms with Crippen LogP contribution in [0.1, 0.15) is 55.7 Å². The summed E-state index contributed by atoms with van der Waals surface area (Å²) in [6.07, 6.45) is 2.32.